The van der Waals surface area contributed by atoms with E-state index in [0.717, 1.165) is 34.1 Å². The largest absolute Gasteiger partial charge is 0.504 e. The van der Waals surface area contributed by atoms with E-state index >= 15 is 0 Å². The van der Waals surface area contributed by atoms with E-state index in [1.165, 1.54) is 17.7 Å². The van der Waals surface area contributed by atoms with E-state index in [4.69, 9.17) is 4.42 Å². The molecule has 3 heteroatoms. The summed E-state index contributed by atoms with van der Waals surface area (Å²) in [4.78, 5) is 11.8. The lowest BCUT2D eigenvalue weighted by molar-refractivity contribution is 0.469. The summed E-state index contributed by atoms with van der Waals surface area (Å²) in [5, 5.41) is 10.9. The summed E-state index contributed by atoms with van der Waals surface area (Å²) in [6, 6.07) is 16.9. The number of phenols is 1. The molecule has 0 spiro atoms. The second kappa shape index (κ2) is 8.78. The number of phenolic OH excluding ortho intramolecular Hbond substituents is 1. The molecule has 1 aliphatic carbocycles. The van der Waals surface area contributed by atoms with Crippen LogP contribution in [0.4, 0.5) is 0 Å². The number of hydrogen-bond acceptors (Lipinski definition) is 3. The molecule has 0 saturated heterocycles. The minimum Gasteiger partial charge on any atom is -0.504 e. The third-order valence-electron chi connectivity index (χ3n) is 4.83. The van der Waals surface area contributed by atoms with Crippen LogP contribution in [0, 0.1) is 13.8 Å². The lowest BCUT2D eigenvalue weighted by Crippen LogP contribution is -2.02. The van der Waals surface area contributed by atoms with Crippen molar-refractivity contribution in [3.05, 3.63) is 88.1 Å². The molecule has 1 aliphatic heterocycles. The Morgan fingerprint density at radius 2 is 1.76 bits per heavy atom. The first-order valence-electron chi connectivity index (χ1n) is 9.83. The topological polar surface area (TPSA) is 50.4 Å². The second-order valence-corrected chi connectivity index (χ2v) is 7.08. The van der Waals surface area contributed by atoms with E-state index < -0.39 is 5.43 Å². The Hall–Kier alpha value is -3.33. The van der Waals surface area contributed by atoms with Crippen LogP contribution in [0.2, 0.25) is 0 Å². The average molecular weight is 386 g/mol. The molecule has 0 aromatic heterocycles. The van der Waals surface area contributed by atoms with Gasteiger partial charge < -0.3 is 9.52 Å². The first-order valence-corrected chi connectivity index (χ1v) is 9.83. The van der Waals surface area contributed by atoms with E-state index in [-0.39, 0.29) is 5.75 Å². The van der Waals surface area contributed by atoms with Gasteiger partial charge in [0.2, 0.25) is 5.43 Å². The van der Waals surface area contributed by atoms with Crippen LogP contribution in [0.15, 0.2) is 76.0 Å². The number of aryl methyl sites for hydroxylation is 2. The van der Waals surface area contributed by atoms with Crippen molar-refractivity contribution in [1.29, 1.82) is 0 Å². The maximum absolute atomic E-state index is 11.8. The average Bonchev–Trinajstić information content (AvgIpc) is 2.69. The monoisotopic (exact) mass is 386 g/mol. The Morgan fingerprint density at radius 3 is 2.41 bits per heavy atom. The molecule has 0 amide bonds. The van der Waals surface area contributed by atoms with Crippen molar-refractivity contribution >= 4 is 11.0 Å². The van der Waals surface area contributed by atoms with Crippen LogP contribution in [0.5, 0.6) is 5.75 Å². The van der Waals surface area contributed by atoms with E-state index in [0.29, 0.717) is 11.3 Å². The first kappa shape index (κ1) is 20.4. The number of aromatic hydroxyl groups is 1. The molecule has 2 aromatic rings. The molecule has 1 N–H and O–H groups in total. The number of rotatable bonds is 2. The highest BCUT2D eigenvalue weighted by Crippen LogP contribution is 2.41. The highest BCUT2D eigenvalue weighted by molar-refractivity contribution is 6.02. The van der Waals surface area contributed by atoms with Crippen LogP contribution in [-0.2, 0) is 0 Å². The number of allylic oxidation sites excluding steroid dienone is 2. The van der Waals surface area contributed by atoms with Gasteiger partial charge in [-0.3, -0.25) is 4.79 Å². The maximum Gasteiger partial charge on any atom is 0.223 e. The van der Waals surface area contributed by atoms with Crippen molar-refractivity contribution in [3.8, 4) is 28.2 Å². The standard InChI is InChI=1S/C21H16O3.C5H10/c1-12-7-8-14(13(2)9-12)21-15-5-3-4-6-19(15)24-20-11-18(23)17(22)10-16(20)21;1-3-5-4-2/h3-11,22H,1-2H3;3,5H,4H2,1-2H3. The van der Waals surface area contributed by atoms with Crippen LogP contribution in [-0.4, -0.2) is 5.11 Å². The van der Waals surface area contributed by atoms with Crippen LogP contribution < -0.4 is 5.43 Å². The number of fused-ring (bicyclic) bond motifs is 2. The molecule has 29 heavy (non-hydrogen) atoms. The van der Waals surface area contributed by atoms with Gasteiger partial charge in [-0.25, -0.2) is 0 Å². The smallest absolute Gasteiger partial charge is 0.223 e. The quantitative estimate of drug-likeness (QED) is 0.302. The van der Waals surface area contributed by atoms with Gasteiger partial charge in [0.25, 0.3) is 0 Å². The molecule has 1 heterocycles. The van der Waals surface area contributed by atoms with E-state index in [2.05, 4.69) is 51.1 Å². The van der Waals surface area contributed by atoms with Gasteiger partial charge in [-0.2, -0.15) is 0 Å². The summed E-state index contributed by atoms with van der Waals surface area (Å²) in [5.41, 5.74) is 5.37. The van der Waals surface area contributed by atoms with Crippen LogP contribution in [0.1, 0.15) is 31.4 Å². The Kier molecular flexibility index (Phi) is 6.18. The molecule has 2 aromatic carbocycles. The molecule has 0 radical (unpaired) electrons. The molecule has 0 bridgehead atoms. The fourth-order valence-electron chi connectivity index (χ4n) is 3.48. The van der Waals surface area contributed by atoms with Crippen molar-refractivity contribution in [1.82, 2.24) is 0 Å². The van der Waals surface area contributed by atoms with Crippen molar-refractivity contribution in [3.63, 3.8) is 0 Å². The summed E-state index contributed by atoms with van der Waals surface area (Å²) in [6.45, 7) is 8.28. The zero-order chi connectivity index (χ0) is 21.0. The van der Waals surface area contributed by atoms with Gasteiger partial charge in [-0.15, -0.1) is 0 Å². The lowest BCUT2D eigenvalue weighted by atomic mass is 9.90. The minimum absolute atomic E-state index is 0.265. The zero-order valence-corrected chi connectivity index (χ0v) is 17.3. The summed E-state index contributed by atoms with van der Waals surface area (Å²) in [5.74, 6) is 0.213. The molecule has 3 nitrogen and oxygen atoms in total. The predicted molar refractivity (Wildman–Crippen MR) is 121 cm³/mol. The zero-order valence-electron chi connectivity index (χ0n) is 17.3. The molecule has 4 rings (SSSR count). The molecular weight excluding hydrogens is 360 g/mol. The van der Waals surface area contributed by atoms with Crippen molar-refractivity contribution in [2.45, 2.75) is 34.1 Å². The highest BCUT2D eigenvalue weighted by atomic mass is 16.3. The predicted octanol–water partition coefficient (Wildman–Crippen LogP) is 6.86. The fourth-order valence-corrected chi connectivity index (χ4v) is 3.48. The molecule has 0 fully saturated rings. The Bertz CT molecular complexity index is 1200. The fraction of sp³-hybridized carbons (Fsp3) is 0.192. The molecular formula is C26H26O3. The number of benzene rings is 3. The van der Waals surface area contributed by atoms with E-state index in [1.807, 2.05) is 31.2 Å². The van der Waals surface area contributed by atoms with Gasteiger partial charge in [0.15, 0.2) is 5.75 Å². The van der Waals surface area contributed by atoms with Gasteiger partial charge in [-0.05, 0) is 50.5 Å². The van der Waals surface area contributed by atoms with Crippen molar-refractivity contribution < 1.29 is 9.52 Å². The van der Waals surface area contributed by atoms with Crippen LogP contribution in [0.25, 0.3) is 33.4 Å². The minimum atomic E-state index is -0.437. The Balaban J connectivity index is 0.000000431. The van der Waals surface area contributed by atoms with Gasteiger partial charge >= 0.3 is 0 Å². The van der Waals surface area contributed by atoms with Gasteiger partial charge in [0, 0.05) is 22.6 Å². The molecule has 2 aliphatic rings. The number of hydrogen-bond donors (Lipinski definition) is 1. The third-order valence-corrected chi connectivity index (χ3v) is 4.83. The SMILES string of the molecule is CC=CCC.Cc1ccc(-c2c3cc(O)c(=O)cc-3oc3ccccc23)c(C)c1. The Morgan fingerprint density at radius 1 is 1.00 bits per heavy atom. The molecule has 0 saturated carbocycles. The van der Waals surface area contributed by atoms with Crippen LogP contribution in [0.3, 0.4) is 0 Å². The van der Waals surface area contributed by atoms with E-state index in [1.54, 1.807) is 0 Å². The van der Waals surface area contributed by atoms with Crippen molar-refractivity contribution in [2.75, 3.05) is 0 Å². The van der Waals surface area contributed by atoms with Gasteiger partial charge in [-0.1, -0.05) is 61.0 Å². The maximum atomic E-state index is 11.8. The molecule has 0 unspecified atom stereocenters. The van der Waals surface area contributed by atoms with Gasteiger partial charge in [0.1, 0.15) is 11.3 Å². The van der Waals surface area contributed by atoms with Gasteiger partial charge in [0.05, 0.1) is 0 Å². The molecule has 148 valence electrons. The first-order chi connectivity index (χ1) is 14.0. The summed E-state index contributed by atoms with van der Waals surface area (Å²) in [7, 11) is 0. The summed E-state index contributed by atoms with van der Waals surface area (Å²) in [6.07, 6.45) is 5.34. The summed E-state index contributed by atoms with van der Waals surface area (Å²) < 4.78 is 5.90. The van der Waals surface area contributed by atoms with Crippen LogP contribution >= 0.6 is 0 Å². The number of para-hydroxylation sites is 1. The third kappa shape index (κ3) is 4.24. The Labute approximate surface area is 171 Å². The molecule has 0 atom stereocenters. The summed E-state index contributed by atoms with van der Waals surface area (Å²) >= 11 is 0. The second-order valence-electron chi connectivity index (χ2n) is 7.08. The lowest BCUT2D eigenvalue weighted by Gasteiger charge is -2.17. The van der Waals surface area contributed by atoms with Crippen molar-refractivity contribution in [2.24, 2.45) is 0 Å². The normalized spacial score (nSPS) is 11.0. The van der Waals surface area contributed by atoms with E-state index in [9.17, 15) is 9.90 Å². The highest BCUT2D eigenvalue weighted by Gasteiger charge is 2.19.